The summed E-state index contributed by atoms with van der Waals surface area (Å²) in [6.07, 6.45) is 0. The normalized spacial score (nSPS) is 11.0. The SMILES string of the molecule is Cc1cc[c-]cc1.Cc1ccc2c(c1)OCO2.[W]. The van der Waals surface area contributed by atoms with Gasteiger partial charge in [-0.25, -0.2) is 0 Å². The second-order valence-corrected chi connectivity index (χ2v) is 3.93. The molecule has 0 N–H and O–H groups in total. The van der Waals surface area contributed by atoms with E-state index in [2.05, 4.69) is 13.0 Å². The summed E-state index contributed by atoms with van der Waals surface area (Å²) in [6, 6.07) is 16.7. The molecule has 94 valence electrons. The molecule has 0 unspecified atom stereocenters. The second kappa shape index (κ2) is 7.23. The Kier molecular flexibility index (Phi) is 5.94. The monoisotopic (exact) mass is 411 g/mol. The number of hydrogen-bond acceptors (Lipinski definition) is 2. The average Bonchev–Trinajstić information content (AvgIpc) is 2.78. The van der Waals surface area contributed by atoms with Crippen molar-refractivity contribution < 1.29 is 30.5 Å². The summed E-state index contributed by atoms with van der Waals surface area (Å²) >= 11 is 0. The maximum absolute atomic E-state index is 5.16. The van der Waals surface area contributed by atoms with E-state index >= 15 is 0 Å². The first-order valence-corrected chi connectivity index (χ1v) is 5.54. The standard InChI is InChI=1S/C8H8O2.C7H7.W/c1-6-2-3-7-8(4-6)10-5-9-7;1-7-5-3-2-4-6-7;/h2-4H,5H2,1H3;3-6H,1H3;/q;-1;. The van der Waals surface area contributed by atoms with Crippen molar-refractivity contribution in [2.45, 2.75) is 13.8 Å². The van der Waals surface area contributed by atoms with Gasteiger partial charge in [0.2, 0.25) is 6.79 Å². The second-order valence-electron chi connectivity index (χ2n) is 3.93. The molecule has 0 saturated heterocycles. The van der Waals surface area contributed by atoms with Gasteiger partial charge in [-0.1, -0.05) is 13.0 Å². The summed E-state index contributed by atoms with van der Waals surface area (Å²) in [6.45, 7) is 4.45. The van der Waals surface area contributed by atoms with Gasteiger partial charge in [-0.15, -0.1) is 0 Å². The van der Waals surface area contributed by atoms with Crippen molar-refractivity contribution in [3.05, 3.63) is 59.7 Å². The number of aryl methyl sites for hydroxylation is 2. The van der Waals surface area contributed by atoms with Crippen LogP contribution in [0.1, 0.15) is 11.1 Å². The topological polar surface area (TPSA) is 18.5 Å². The van der Waals surface area contributed by atoms with Gasteiger partial charge < -0.3 is 9.47 Å². The summed E-state index contributed by atoms with van der Waals surface area (Å²) in [5, 5.41) is 0. The molecule has 0 spiro atoms. The van der Waals surface area contributed by atoms with Crippen LogP contribution in [0.3, 0.4) is 0 Å². The zero-order chi connectivity index (χ0) is 12.1. The third-order valence-electron chi connectivity index (χ3n) is 2.41. The fourth-order valence-electron chi connectivity index (χ4n) is 1.47. The van der Waals surface area contributed by atoms with E-state index in [9.17, 15) is 0 Å². The zero-order valence-corrected chi connectivity index (χ0v) is 13.4. The minimum Gasteiger partial charge on any atom is -0.454 e. The van der Waals surface area contributed by atoms with Gasteiger partial charge in [0.15, 0.2) is 11.5 Å². The van der Waals surface area contributed by atoms with E-state index in [1.807, 2.05) is 49.4 Å². The van der Waals surface area contributed by atoms with Gasteiger partial charge in [-0.3, -0.25) is 0 Å². The molecule has 0 fully saturated rings. The van der Waals surface area contributed by atoms with Crippen molar-refractivity contribution in [3.8, 4) is 11.5 Å². The molecule has 1 aliphatic rings. The smallest absolute Gasteiger partial charge is 0.231 e. The minimum atomic E-state index is 0. The first-order chi connectivity index (χ1) is 8.25. The molecule has 2 aromatic rings. The Balaban J connectivity index is 0.000000181. The quantitative estimate of drug-likeness (QED) is 0.618. The van der Waals surface area contributed by atoms with Crippen molar-refractivity contribution in [3.63, 3.8) is 0 Å². The average molecular weight is 411 g/mol. The van der Waals surface area contributed by atoms with Crippen LogP contribution in [-0.4, -0.2) is 6.79 Å². The van der Waals surface area contributed by atoms with Crippen LogP contribution in [0.5, 0.6) is 11.5 Å². The maximum atomic E-state index is 5.16. The molecular formula is C15H15O2W-. The van der Waals surface area contributed by atoms with E-state index in [-0.39, 0.29) is 21.1 Å². The summed E-state index contributed by atoms with van der Waals surface area (Å²) in [4.78, 5) is 0. The molecule has 0 saturated carbocycles. The summed E-state index contributed by atoms with van der Waals surface area (Å²) in [7, 11) is 0. The van der Waals surface area contributed by atoms with E-state index in [0.29, 0.717) is 6.79 Å². The zero-order valence-electron chi connectivity index (χ0n) is 10.5. The predicted molar refractivity (Wildman–Crippen MR) is 67.3 cm³/mol. The molecule has 0 atom stereocenters. The van der Waals surface area contributed by atoms with E-state index in [0.717, 1.165) is 11.5 Å². The van der Waals surface area contributed by atoms with Crippen LogP contribution >= 0.6 is 0 Å². The Hall–Kier alpha value is -1.27. The van der Waals surface area contributed by atoms with Crippen molar-refractivity contribution >= 4 is 0 Å². The molecule has 0 bridgehead atoms. The molecule has 0 aliphatic carbocycles. The molecule has 0 amide bonds. The van der Waals surface area contributed by atoms with E-state index in [1.54, 1.807) is 0 Å². The molecule has 0 aromatic heterocycles. The minimum absolute atomic E-state index is 0. The Morgan fingerprint density at radius 3 is 2.17 bits per heavy atom. The fourth-order valence-corrected chi connectivity index (χ4v) is 1.47. The predicted octanol–water partition coefficient (Wildman–Crippen LogP) is 3.52. The maximum Gasteiger partial charge on any atom is 0.231 e. The first-order valence-electron chi connectivity index (χ1n) is 5.54. The molecule has 2 aromatic carbocycles. The van der Waals surface area contributed by atoms with E-state index in [4.69, 9.17) is 9.47 Å². The molecule has 2 nitrogen and oxygen atoms in total. The Morgan fingerprint density at radius 2 is 1.56 bits per heavy atom. The molecule has 18 heavy (non-hydrogen) atoms. The van der Waals surface area contributed by atoms with Crippen LogP contribution in [-0.2, 0) is 21.1 Å². The van der Waals surface area contributed by atoms with Gasteiger partial charge in [0.05, 0.1) is 0 Å². The largest absolute Gasteiger partial charge is 0.454 e. The van der Waals surface area contributed by atoms with Crippen LogP contribution in [0.2, 0.25) is 0 Å². The number of hydrogen-bond donors (Lipinski definition) is 0. The van der Waals surface area contributed by atoms with Crippen LogP contribution in [0.15, 0.2) is 42.5 Å². The van der Waals surface area contributed by atoms with Gasteiger partial charge >= 0.3 is 0 Å². The molecule has 0 radical (unpaired) electrons. The van der Waals surface area contributed by atoms with E-state index in [1.165, 1.54) is 11.1 Å². The van der Waals surface area contributed by atoms with Crippen molar-refractivity contribution in [2.24, 2.45) is 0 Å². The number of benzene rings is 2. The van der Waals surface area contributed by atoms with Crippen LogP contribution in [0, 0.1) is 19.9 Å². The van der Waals surface area contributed by atoms with E-state index < -0.39 is 0 Å². The van der Waals surface area contributed by atoms with Gasteiger partial charge in [0, 0.05) is 21.1 Å². The molecular weight excluding hydrogens is 396 g/mol. The molecule has 1 heterocycles. The van der Waals surface area contributed by atoms with Gasteiger partial charge in [0.1, 0.15) is 0 Å². The number of ether oxygens (including phenoxy) is 2. The third kappa shape index (κ3) is 4.19. The number of rotatable bonds is 0. The van der Waals surface area contributed by atoms with Crippen LogP contribution < -0.4 is 9.47 Å². The van der Waals surface area contributed by atoms with Crippen LogP contribution in [0.25, 0.3) is 0 Å². The summed E-state index contributed by atoms with van der Waals surface area (Å²) < 4.78 is 10.3. The van der Waals surface area contributed by atoms with Crippen molar-refractivity contribution in [1.82, 2.24) is 0 Å². The Morgan fingerprint density at radius 1 is 0.889 bits per heavy atom. The van der Waals surface area contributed by atoms with Crippen LogP contribution in [0.4, 0.5) is 0 Å². The number of fused-ring (bicyclic) bond motifs is 1. The molecule has 3 heteroatoms. The Labute approximate surface area is 122 Å². The van der Waals surface area contributed by atoms with Gasteiger partial charge in [-0.2, -0.15) is 35.9 Å². The van der Waals surface area contributed by atoms with Gasteiger partial charge in [0.25, 0.3) is 0 Å². The molecule has 1 aliphatic heterocycles. The fraction of sp³-hybridized carbons (Fsp3) is 0.200. The summed E-state index contributed by atoms with van der Waals surface area (Å²) in [5.41, 5.74) is 2.49. The first kappa shape index (κ1) is 14.8. The van der Waals surface area contributed by atoms with Crippen molar-refractivity contribution in [1.29, 1.82) is 0 Å². The van der Waals surface area contributed by atoms with Crippen molar-refractivity contribution in [2.75, 3.05) is 6.79 Å². The Bertz CT molecular complexity index is 483. The summed E-state index contributed by atoms with van der Waals surface area (Å²) in [5.74, 6) is 1.71. The molecule has 3 rings (SSSR count). The third-order valence-corrected chi connectivity index (χ3v) is 2.41. The van der Waals surface area contributed by atoms with Gasteiger partial charge in [-0.05, 0) is 24.6 Å².